The van der Waals surface area contributed by atoms with E-state index in [0.29, 0.717) is 0 Å². The van der Waals surface area contributed by atoms with Crippen molar-refractivity contribution in [2.75, 3.05) is 12.4 Å². The van der Waals surface area contributed by atoms with Crippen molar-refractivity contribution in [2.45, 2.75) is 6.61 Å². The molecule has 7 heteroatoms. The second kappa shape index (κ2) is 7.17. The molecule has 0 spiro atoms. The Morgan fingerprint density at radius 2 is 1.83 bits per heavy atom. The van der Waals surface area contributed by atoms with Crippen molar-refractivity contribution < 1.29 is 29.3 Å². The van der Waals surface area contributed by atoms with E-state index in [-0.39, 0.29) is 23.6 Å². The van der Waals surface area contributed by atoms with Gasteiger partial charge in [-0.3, -0.25) is 5.32 Å². The van der Waals surface area contributed by atoms with Gasteiger partial charge in [0, 0.05) is 0 Å². The number of methoxy groups -OCH3 is 1. The highest BCUT2D eigenvalue weighted by atomic mass is 16.5. The molecule has 0 saturated heterocycles. The van der Waals surface area contributed by atoms with E-state index in [2.05, 4.69) is 5.32 Å². The van der Waals surface area contributed by atoms with Crippen LogP contribution in [0, 0.1) is 0 Å². The second-order valence-corrected chi connectivity index (χ2v) is 4.53. The fraction of sp³-hybridized carbons (Fsp3) is 0.125. The summed E-state index contributed by atoms with van der Waals surface area (Å²) >= 11 is 0. The number of carbonyl (C=O) groups is 2. The van der Waals surface area contributed by atoms with Gasteiger partial charge < -0.3 is 19.7 Å². The summed E-state index contributed by atoms with van der Waals surface area (Å²) in [6.07, 6.45) is -0.889. The third-order valence-corrected chi connectivity index (χ3v) is 3.03. The molecular weight excluding hydrogens is 302 g/mol. The van der Waals surface area contributed by atoms with Crippen LogP contribution in [0.2, 0.25) is 0 Å². The number of aromatic hydroxyl groups is 1. The average Bonchev–Trinajstić information content (AvgIpc) is 2.55. The summed E-state index contributed by atoms with van der Waals surface area (Å²) in [5, 5.41) is 21.4. The van der Waals surface area contributed by atoms with Gasteiger partial charge in [0.05, 0.1) is 12.7 Å². The third-order valence-electron chi connectivity index (χ3n) is 3.03. The molecule has 0 radical (unpaired) electrons. The summed E-state index contributed by atoms with van der Waals surface area (Å²) in [5.74, 6) is -1.75. The number of amides is 1. The van der Waals surface area contributed by atoms with E-state index in [0.717, 1.165) is 5.56 Å². The predicted molar refractivity (Wildman–Crippen MR) is 81.9 cm³/mol. The maximum atomic E-state index is 11.8. The molecule has 0 aromatic heterocycles. The van der Waals surface area contributed by atoms with Gasteiger partial charge in [0.15, 0.2) is 11.5 Å². The van der Waals surface area contributed by atoms with E-state index in [9.17, 15) is 14.7 Å². The number of benzene rings is 2. The Balaban J connectivity index is 2.14. The van der Waals surface area contributed by atoms with Crippen molar-refractivity contribution >= 4 is 17.7 Å². The lowest BCUT2D eigenvalue weighted by molar-refractivity contribution is 0.0697. The molecule has 0 aliphatic heterocycles. The minimum Gasteiger partial charge on any atom is -0.503 e. The molecule has 3 N–H and O–H groups in total. The lowest BCUT2D eigenvalue weighted by Gasteiger charge is -2.13. The molecule has 23 heavy (non-hydrogen) atoms. The van der Waals surface area contributed by atoms with Crippen molar-refractivity contribution in [2.24, 2.45) is 0 Å². The maximum Gasteiger partial charge on any atom is 0.412 e. The van der Waals surface area contributed by atoms with E-state index in [1.54, 1.807) is 24.3 Å². The molecule has 0 heterocycles. The van der Waals surface area contributed by atoms with E-state index in [1.165, 1.54) is 19.2 Å². The molecule has 0 bridgehead atoms. The lowest BCUT2D eigenvalue weighted by atomic mass is 10.1. The molecule has 1 amide bonds. The zero-order valence-corrected chi connectivity index (χ0v) is 12.3. The van der Waals surface area contributed by atoms with Crippen molar-refractivity contribution in [1.82, 2.24) is 0 Å². The zero-order chi connectivity index (χ0) is 16.8. The fourth-order valence-electron chi connectivity index (χ4n) is 1.90. The van der Waals surface area contributed by atoms with Crippen molar-refractivity contribution in [3.63, 3.8) is 0 Å². The number of phenolic OH excluding ortho intramolecular Hbond substituents is 1. The number of hydrogen-bond donors (Lipinski definition) is 3. The van der Waals surface area contributed by atoms with Crippen LogP contribution in [0.5, 0.6) is 11.5 Å². The lowest BCUT2D eigenvalue weighted by Crippen LogP contribution is -2.16. The van der Waals surface area contributed by atoms with Crippen LogP contribution in [0.25, 0.3) is 0 Å². The molecule has 2 aromatic carbocycles. The Labute approximate surface area is 132 Å². The molecule has 120 valence electrons. The predicted octanol–water partition coefficient (Wildman–Crippen LogP) is 2.85. The highest BCUT2D eigenvalue weighted by molar-refractivity contribution is 6.01. The van der Waals surface area contributed by atoms with Crippen molar-refractivity contribution in [1.29, 1.82) is 0 Å². The minimum atomic E-state index is -1.30. The summed E-state index contributed by atoms with van der Waals surface area (Å²) in [5.41, 5.74) is 0.214. The molecule has 2 rings (SSSR count). The number of aromatic carboxylic acids is 1. The van der Waals surface area contributed by atoms with Gasteiger partial charge in [-0.1, -0.05) is 30.3 Å². The SMILES string of the molecule is COc1ccc(C(=O)O)c(NC(=O)OCc2ccccc2)c1O. The third kappa shape index (κ3) is 3.91. The van der Waals surface area contributed by atoms with Gasteiger partial charge in [-0.2, -0.15) is 0 Å². The Bertz CT molecular complexity index is 714. The molecule has 2 aromatic rings. The van der Waals surface area contributed by atoms with Crippen LogP contribution in [0.3, 0.4) is 0 Å². The molecule has 0 unspecified atom stereocenters. The highest BCUT2D eigenvalue weighted by Crippen LogP contribution is 2.37. The second-order valence-electron chi connectivity index (χ2n) is 4.53. The maximum absolute atomic E-state index is 11.8. The normalized spacial score (nSPS) is 9.96. The zero-order valence-electron chi connectivity index (χ0n) is 12.3. The first-order chi connectivity index (χ1) is 11.0. The fourth-order valence-corrected chi connectivity index (χ4v) is 1.90. The first kappa shape index (κ1) is 16.2. The largest absolute Gasteiger partial charge is 0.503 e. The number of nitrogens with one attached hydrogen (secondary N) is 1. The van der Waals surface area contributed by atoms with Crippen molar-refractivity contribution in [3.05, 3.63) is 53.6 Å². The molecule has 7 nitrogen and oxygen atoms in total. The summed E-state index contributed by atoms with van der Waals surface area (Å²) in [6, 6.07) is 11.5. The van der Waals surface area contributed by atoms with Crippen LogP contribution in [-0.4, -0.2) is 29.4 Å². The number of carboxylic acids is 1. The summed E-state index contributed by atoms with van der Waals surface area (Å²) in [7, 11) is 1.31. The Morgan fingerprint density at radius 3 is 2.43 bits per heavy atom. The highest BCUT2D eigenvalue weighted by Gasteiger charge is 2.20. The van der Waals surface area contributed by atoms with E-state index >= 15 is 0 Å². The molecular formula is C16H15NO6. The average molecular weight is 317 g/mol. The van der Waals surface area contributed by atoms with Crippen molar-refractivity contribution in [3.8, 4) is 11.5 Å². The van der Waals surface area contributed by atoms with Gasteiger partial charge in [0.25, 0.3) is 0 Å². The standard InChI is InChI=1S/C16H15NO6/c1-22-12-8-7-11(15(19)20)13(14(12)18)17-16(21)23-9-10-5-3-2-4-6-10/h2-8,18H,9H2,1H3,(H,17,21)(H,19,20). The summed E-state index contributed by atoms with van der Waals surface area (Å²) in [6.45, 7) is 0.0137. The summed E-state index contributed by atoms with van der Waals surface area (Å²) < 4.78 is 9.90. The van der Waals surface area contributed by atoms with E-state index < -0.39 is 17.8 Å². The van der Waals surface area contributed by atoms with Crippen LogP contribution in [-0.2, 0) is 11.3 Å². The molecule has 0 saturated carbocycles. The Hall–Kier alpha value is -3.22. The number of rotatable bonds is 5. The summed E-state index contributed by atoms with van der Waals surface area (Å²) in [4.78, 5) is 23.0. The van der Waals surface area contributed by atoms with Gasteiger partial charge in [-0.25, -0.2) is 9.59 Å². The number of carboxylic acid groups (broad SMARTS) is 1. The van der Waals surface area contributed by atoms with Crippen LogP contribution < -0.4 is 10.1 Å². The molecule has 0 aliphatic rings. The van der Waals surface area contributed by atoms with Crippen LogP contribution >= 0.6 is 0 Å². The monoisotopic (exact) mass is 317 g/mol. The number of hydrogen-bond acceptors (Lipinski definition) is 5. The quantitative estimate of drug-likeness (QED) is 0.732. The van der Waals surface area contributed by atoms with Gasteiger partial charge in [-0.15, -0.1) is 0 Å². The topological polar surface area (TPSA) is 105 Å². The van der Waals surface area contributed by atoms with Crippen LogP contribution in [0.4, 0.5) is 10.5 Å². The van der Waals surface area contributed by atoms with Gasteiger partial charge in [-0.05, 0) is 17.7 Å². The smallest absolute Gasteiger partial charge is 0.412 e. The number of phenols is 1. The number of ether oxygens (including phenoxy) is 2. The van der Waals surface area contributed by atoms with E-state index in [4.69, 9.17) is 14.6 Å². The van der Waals surface area contributed by atoms with Crippen LogP contribution in [0.1, 0.15) is 15.9 Å². The molecule has 0 atom stereocenters. The minimum absolute atomic E-state index is 0.0137. The Morgan fingerprint density at radius 1 is 1.13 bits per heavy atom. The Kier molecular flexibility index (Phi) is 5.03. The number of carbonyl (C=O) groups excluding carboxylic acids is 1. The first-order valence-corrected chi connectivity index (χ1v) is 6.64. The first-order valence-electron chi connectivity index (χ1n) is 6.64. The number of anilines is 1. The van der Waals surface area contributed by atoms with E-state index in [1.807, 2.05) is 6.07 Å². The van der Waals surface area contributed by atoms with Gasteiger partial charge in [0.2, 0.25) is 0 Å². The van der Waals surface area contributed by atoms with Gasteiger partial charge in [0.1, 0.15) is 12.3 Å². The molecule has 0 aliphatic carbocycles. The van der Waals surface area contributed by atoms with Gasteiger partial charge >= 0.3 is 12.1 Å². The van der Waals surface area contributed by atoms with Crippen LogP contribution in [0.15, 0.2) is 42.5 Å². The molecule has 0 fully saturated rings.